The monoisotopic (exact) mass is 161 g/mol. The Morgan fingerprint density at radius 1 is 1.44 bits per heavy atom. The van der Waals surface area contributed by atoms with Crippen molar-refractivity contribution in [3.05, 3.63) is 33.8 Å². The normalized spacial score (nSPS) is 9.67. The molecule has 1 aromatic carbocycles. The van der Waals surface area contributed by atoms with Gasteiger partial charge in [0.1, 0.15) is 0 Å². The van der Waals surface area contributed by atoms with Gasteiger partial charge < -0.3 is 0 Å². The van der Waals surface area contributed by atoms with Crippen molar-refractivity contribution in [1.29, 1.82) is 0 Å². The van der Waals surface area contributed by atoms with E-state index in [2.05, 4.69) is 0 Å². The topological polar surface area (TPSA) is 0 Å². The summed E-state index contributed by atoms with van der Waals surface area (Å²) in [6.07, 6.45) is 0. The van der Waals surface area contributed by atoms with Crippen LogP contribution in [-0.4, -0.2) is 0 Å². The van der Waals surface area contributed by atoms with Crippen LogP contribution in [0.2, 0.25) is 10.0 Å². The van der Waals surface area contributed by atoms with Gasteiger partial charge in [0.25, 0.3) is 0 Å². The van der Waals surface area contributed by atoms with Crippen molar-refractivity contribution in [2.24, 2.45) is 0 Å². The van der Waals surface area contributed by atoms with Crippen LogP contribution in [0.4, 0.5) is 0 Å². The first-order chi connectivity index (χ1) is 4.20. The molecule has 0 atom stereocenters. The third kappa shape index (κ3) is 1.60. The molecule has 0 amide bonds. The summed E-state index contributed by atoms with van der Waals surface area (Å²) in [5.74, 6) is 0. The van der Waals surface area contributed by atoms with E-state index in [1.807, 2.05) is 19.1 Å². The van der Waals surface area contributed by atoms with E-state index in [0.717, 1.165) is 15.6 Å². The molecule has 0 unspecified atom stereocenters. The molecule has 0 N–H and O–H groups in total. The van der Waals surface area contributed by atoms with Crippen LogP contribution in [0.3, 0.4) is 0 Å². The molecule has 0 aromatic heterocycles. The van der Waals surface area contributed by atoms with Gasteiger partial charge in [0.15, 0.2) is 11.6 Å². The minimum absolute atomic E-state index is 0.752. The van der Waals surface area contributed by atoms with E-state index in [9.17, 15) is 0 Å². The smallest absolute Gasteiger partial charge is 0.0838 e. The van der Waals surface area contributed by atoms with Crippen LogP contribution in [0.1, 0.15) is 5.56 Å². The van der Waals surface area contributed by atoms with E-state index in [4.69, 9.17) is 23.2 Å². The lowest BCUT2D eigenvalue weighted by molar-refractivity contribution is -0.288. The molecule has 0 nitrogen and oxygen atoms in total. The lowest BCUT2D eigenvalue weighted by atomic mass is 10.2. The van der Waals surface area contributed by atoms with Crippen molar-refractivity contribution in [2.45, 2.75) is 6.92 Å². The molecule has 0 heterocycles. The zero-order valence-electron chi connectivity index (χ0n) is 5.02. The van der Waals surface area contributed by atoms with Gasteiger partial charge in [-0.05, 0) is 12.5 Å². The lowest BCUT2D eigenvalue weighted by Gasteiger charge is -1.91. The number of hydrogen-bond donors (Lipinski definition) is 0. The second-order valence-corrected chi connectivity index (χ2v) is 2.79. The Balaban J connectivity index is 3.17. The number of rotatable bonds is 0. The molecular formula is C7H7Cl2+. The summed E-state index contributed by atoms with van der Waals surface area (Å²) < 4.78 is 0. The number of aryl methyl sites for hydroxylation is 1. The summed E-state index contributed by atoms with van der Waals surface area (Å²) in [6, 6.07) is 5.58. The van der Waals surface area contributed by atoms with Gasteiger partial charge in [-0.15, -0.1) is 0 Å². The van der Waals surface area contributed by atoms with Gasteiger partial charge in [0.05, 0.1) is 0 Å². The molecule has 0 bridgehead atoms. The molecule has 2 heteroatoms. The fourth-order valence-corrected chi connectivity index (χ4v) is 1.00. The molecule has 9 heavy (non-hydrogen) atoms. The molecule has 48 valence electrons. The van der Waals surface area contributed by atoms with E-state index in [1.165, 1.54) is 0 Å². The van der Waals surface area contributed by atoms with Crippen molar-refractivity contribution >= 4 is 11.6 Å². The van der Waals surface area contributed by atoms with E-state index < -0.39 is 0 Å². The van der Waals surface area contributed by atoms with Crippen LogP contribution in [0.15, 0.2) is 18.2 Å². The Labute approximate surface area is 64.4 Å². The molecule has 0 fully saturated rings. The first-order valence-corrected chi connectivity index (χ1v) is 3.42. The number of hydrogen-bond acceptors (Lipinski definition) is 0. The highest BCUT2D eigenvalue weighted by Gasteiger charge is 1.98. The Bertz CT molecular complexity index is 218. The lowest BCUT2D eigenvalue weighted by Crippen LogP contribution is -1.74. The highest BCUT2D eigenvalue weighted by molar-refractivity contribution is 6.31. The maximum absolute atomic E-state index is 5.75. The maximum atomic E-state index is 5.75. The Kier molecular flexibility index (Phi) is 1.99. The fraction of sp³-hybridized carbons (Fsp3) is 0.143. The molecule has 0 aliphatic rings. The van der Waals surface area contributed by atoms with Crippen LogP contribution in [0.25, 0.3) is 0 Å². The van der Waals surface area contributed by atoms with Gasteiger partial charge in [-0.2, -0.15) is 0 Å². The van der Waals surface area contributed by atoms with Gasteiger partial charge in [-0.3, -0.25) is 0 Å². The van der Waals surface area contributed by atoms with Crippen LogP contribution < -0.4 is 0 Å². The maximum Gasteiger partial charge on any atom is 0.227 e. The molecule has 0 saturated carbocycles. The molecule has 1 aromatic rings. The van der Waals surface area contributed by atoms with Crippen molar-refractivity contribution in [3.63, 3.8) is 0 Å². The minimum atomic E-state index is 0.752. The van der Waals surface area contributed by atoms with Gasteiger partial charge in [-0.1, -0.05) is 17.7 Å². The quantitative estimate of drug-likeness (QED) is 0.549. The number of halogens is 2. The van der Waals surface area contributed by atoms with E-state index in [0.29, 0.717) is 0 Å². The molecule has 0 radical (unpaired) electrons. The predicted octanol–water partition coefficient (Wildman–Crippen LogP) is 2.34. The fourth-order valence-electron chi connectivity index (χ4n) is 0.574. The largest absolute Gasteiger partial charge is 0.227 e. The van der Waals surface area contributed by atoms with Gasteiger partial charge in [0.2, 0.25) is 5.02 Å². The summed E-state index contributed by atoms with van der Waals surface area (Å²) in [5.41, 5.74) is 1.07. The Morgan fingerprint density at radius 3 is 2.56 bits per heavy atom. The van der Waals surface area contributed by atoms with Crippen LogP contribution in [0, 0.1) is 18.5 Å². The van der Waals surface area contributed by atoms with Crippen LogP contribution >= 0.6 is 11.6 Å². The van der Waals surface area contributed by atoms with E-state index in [1.54, 1.807) is 6.07 Å². The first kappa shape index (κ1) is 6.91. The van der Waals surface area contributed by atoms with E-state index in [-0.39, 0.29) is 0 Å². The second-order valence-electron chi connectivity index (χ2n) is 1.91. The SMILES string of the molecule is Cc1ccc([ClH+])cc1Cl. The summed E-state index contributed by atoms with van der Waals surface area (Å²) >= 11 is 10.6. The summed E-state index contributed by atoms with van der Waals surface area (Å²) in [7, 11) is 0. The summed E-state index contributed by atoms with van der Waals surface area (Å²) in [6.45, 7) is 1.96. The molecule has 0 aliphatic heterocycles. The summed E-state index contributed by atoms with van der Waals surface area (Å²) in [4.78, 5) is 0. The van der Waals surface area contributed by atoms with Crippen molar-refractivity contribution < 1.29 is 11.6 Å². The third-order valence-electron chi connectivity index (χ3n) is 1.14. The van der Waals surface area contributed by atoms with Crippen molar-refractivity contribution in [2.75, 3.05) is 0 Å². The van der Waals surface area contributed by atoms with Crippen molar-refractivity contribution in [1.82, 2.24) is 0 Å². The van der Waals surface area contributed by atoms with Crippen LogP contribution in [0.5, 0.6) is 0 Å². The van der Waals surface area contributed by atoms with Gasteiger partial charge in [0, 0.05) is 17.2 Å². The molecule has 1 rings (SSSR count). The zero-order valence-corrected chi connectivity index (χ0v) is 6.59. The molecular weight excluding hydrogens is 155 g/mol. The zero-order chi connectivity index (χ0) is 6.85. The van der Waals surface area contributed by atoms with Gasteiger partial charge in [-0.25, -0.2) is 0 Å². The highest BCUT2D eigenvalue weighted by Crippen LogP contribution is 2.16. The average molecular weight is 162 g/mol. The standard InChI is InChI=1S/C7H7Cl2/c1-5-2-3-6(8)4-7(5)9/h2-4,8H,1H3/q+1. The van der Waals surface area contributed by atoms with Gasteiger partial charge >= 0.3 is 0 Å². The minimum Gasteiger partial charge on any atom is -0.0838 e. The highest BCUT2D eigenvalue weighted by atomic mass is 35.5. The van der Waals surface area contributed by atoms with E-state index >= 15 is 0 Å². The molecule has 0 saturated heterocycles. The Hall–Kier alpha value is -0.200. The molecule has 0 spiro atoms. The summed E-state index contributed by atoms with van der Waals surface area (Å²) in [5, 5.41) is 1.55. The predicted molar refractivity (Wildman–Crippen MR) is 36.7 cm³/mol. The van der Waals surface area contributed by atoms with Crippen molar-refractivity contribution in [3.8, 4) is 0 Å². The second kappa shape index (κ2) is 2.59. The Morgan fingerprint density at radius 2 is 2.11 bits per heavy atom. The van der Waals surface area contributed by atoms with Crippen LogP contribution in [-0.2, 0) is 0 Å². The average Bonchev–Trinajstić information content (AvgIpc) is 1.80. The molecule has 0 aliphatic carbocycles. The third-order valence-corrected chi connectivity index (χ3v) is 1.80. The number of benzene rings is 1. The first-order valence-electron chi connectivity index (χ1n) is 2.63.